The van der Waals surface area contributed by atoms with Crippen LogP contribution in [-0.2, 0) is 10.0 Å². The lowest BCUT2D eigenvalue weighted by molar-refractivity contribution is 0.399. The summed E-state index contributed by atoms with van der Waals surface area (Å²) in [6.45, 7) is 0. The maximum absolute atomic E-state index is 11.0. The first-order chi connectivity index (χ1) is 6.49. The maximum atomic E-state index is 11.0. The number of anilines is 1. The van der Waals surface area contributed by atoms with Gasteiger partial charge >= 0.3 is 0 Å². The van der Waals surface area contributed by atoms with Gasteiger partial charge in [0.15, 0.2) is 0 Å². The molecule has 0 aliphatic carbocycles. The molecule has 6 nitrogen and oxygen atoms in total. The average Bonchev–Trinajstić information content (AvgIpc) is 2.15. The number of ether oxygens (including phenoxy) is 1. The smallest absolute Gasteiger partial charge is 0.239 e. The number of hydrogen-bond acceptors (Lipinski definition) is 5. The molecule has 0 saturated carbocycles. The first kappa shape index (κ1) is 10.7. The molecule has 0 aliphatic heterocycles. The summed E-state index contributed by atoms with van der Waals surface area (Å²) in [4.78, 5) is 3.74. The fourth-order valence-electron chi connectivity index (χ4n) is 0.930. The first-order valence-electron chi connectivity index (χ1n) is 3.73. The van der Waals surface area contributed by atoms with E-state index in [9.17, 15) is 8.42 Å². The Morgan fingerprint density at radius 3 is 2.64 bits per heavy atom. The summed E-state index contributed by atoms with van der Waals surface area (Å²) in [5.74, 6) is 0.319. The fraction of sp³-hybridized carbons (Fsp3) is 0.286. The highest BCUT2D eigenvalue weighted by Gasteiger charge is 2.12. The second kappa shape index (κ2) is 3.81. The summed E-state index contributed by atoms with van der Waals surface area (Å²) < 4.78 is 26.8. The molecule has 3 N–H and O–H groups in total. The number of rotatable bonds is 3. The summed E-state index contributed by atoms with van der Waals surface area (Å²) in [6, 6.07) is 1.36. The molecule has 0 atom stereocenters. The van der Waals surface area contributed by atoms with E-state index in [0.29, 0.717) is 11.6 Å². The zero-order chi connectivity index (χ0) is 10.8. The van der Waals surface area contributed by atoms with Gasteiger partial charge < -0.3 is 10.1 Å². The van der Waals surface area contributed by atoms with Gasteiger partial charge in [-0.3, -0.25) is 0 Å². The SMILES string of the molecule is CNc1cc(S(N)(=O)=O)cnc1OC. The minimum absolute atomic E-state index is 0.0531. The van der Waals surface area contributed by atoms with Crippen molar-refractivity contribution in [3.63, 3.8) is 0 Å². The molecule has 1 aromatic heterocycles. The number of methoxy groups -OCH3 is 1. The largest absolute Gasteiger partial charge is 0.480 e. The molecule has 0 amide bonds. The molecule has 1 aromatic rings. The number of sulfonamides is 1. The van der Waals surface area contributed by atoms with Crippen molar-refractivity contribution in [1.82, 2.24) is 4.98 Å². The maximum Gasteiger partial charge on any atom is 0.239 e. The summed E-state index contributed by atoms with van der Waals surface area (Å²) in [7, 11) is -0.643. The Morgan fingerprint density at radius 1 is 1.57 bits per heavy atom. The minimum atomic E-state index is -3.72. The number of nitrogens with one attached hydrogen (secondary N) is 1. The Bertz CT molecular complexity index is 430. The molecule has 1 heterocycles. The van der Waals surface area contributed by atoms with E-state index in [1.165, 1.54) is 13.2 Å². The third kappa shape index (κ3) is 2.12. The van der Waals surface area contributed by atoms with Gasteiger partial charge in [-0.15, -0.1) is 0 Å². The molecule has 0 aliphatic rings. The Labute approximate surface area is 82.1 Å². The van der Waals surface area contributed by atoms with Crippen molar-refractivity contribution in [2.45, 2.75) is 4.90 Å². The van der Waals surface area contributed by atoms with E-state index in [2.05, 4.69) is 10.3 Å². The predicted octanol–water partition coefficient (Wildman–Crippen LogP) is -0.221. The molecule has 0 aromatic carbocycles. The summed E-state index contributed by atoms with van der Waals surface area (Å²) >= 11 is 0. The minimum Gasteiger partial charge on any atom is -0.480 e. The average molecular weight is 217 g/mol. The lowest BCUT2D eigenvalue weighted by Crippen LogP contribution is -2.13. The number of aromatic nitrogens is 1. The van der Waals surface area contributed by atoms with Gasteiger partial charge in [-0.2, -0.15) is 0 Å². The van der Waals surface area contributed by atoms with Crippen LogP contribution in [0.3, 0.4) is 0 Å². The summed E-state index contributed by atoms with van der Waals surface area (Å²) in [6.07, 6.45) is 1.15. The predicted molar refractivity (Wildman–Crippen MR) is 51.7 cm³/mol. The van der Waals surface area contributed by atoms with E-state index in [1.807, 2.05) is 0 Å². The first-order valence-corrected chi connectivity index (χ1v) is 5.28. The third-order valence-electron chi connectivity index (χ3n) is 1.62. The lowest BCUT2D eigenvalue weighted by atomic mass is 10.4. The van der Waals surface area contributed by atoms with Gasteiger partial charge in [0.2, 0.25) is 15.9 Å². The number of pyridine rings is 1. The molecule has 1 rings (SSSR count). The quantitative estimate of drug-likeness (QED) is 0.730. The van der Waals surface area contributed by atoms with Crippen LogP contribution in [0, 0.1) is 0 Å². The molecular weight excluding hydrogens is 206 g/mol. The van der Waals surface area contributed by atoms with Gasteiger partial charge in [-0.05, 0) is 6.07 Å². The van der Waals surface area contributed by atoms with Crippen LogP contribution < -0.4 is 15.2 Å². The fourth-order valence-corrected chi connectivity index (χ4v) is 1.41. The number of hydrogen-bond donors (Lipinski definition) is 2. The lowest BCUT2D eigenvalue weighted by Gasteiger charge is -2.07. The Hall–Kier alpha value is -1.34. The van der Waals surface area contributed by atoms with E-state index in [4.69, 9.17) is 9.88 Å². The van der Waals surface area contributed by atoms with Crippen LogP contribution in [0.4, 0.5) is 5.69 Å². The van der Waals surface area contributed by atoms with Gasteiger partial charge in [0.05, 0.1) is 19.0 Å². The van der Waals surface area contributed by atoms with Crippen molar-refractivity contribution in [2.75, 3.05) is 19.5 Å². The van der Waals surface area contributed by atoms with Crippen LogP contribution in [0.5, 0.6) is 5.88 Å². The van der Waals surface area contributed by atoms with Crippen LogP contribution in [0.2, 0.25) is 0 Å². The van der Waals surface area contributed by atoms with Crippen LogP contribution in [-0.4, -0.2) is 27.6 Å². The van der Waals surface area contributed by atoms with Gasteiger partial charge in [0, 0.05) is 7.05 Å². The number of nitrogens with zero attached hydrogens (tertiary/aromatic N) is 1. The zero-order valence-electron chi connectivity index (χ0n) is 7.81. The van der Waals surface area contributed by atoms with Gasteiger partial charge in [-0.1, -0.05) is 0 Å². The number of primary sulfonamides is 1. The van der Waals surface area contributed by atoms with Crippen molar-refractivity contribution in [3.05, 3.63) is 12.3 Å². The Balaban J connectivity index is 3.28. The van der Waals surface area contributed by atoms with Crippen molar-refractivity contribution in [2.24, 2.45) is 5.14 Å². The number of nitrogens with two attached hydrogens (primary N) is 1. The zero-order valence-corrected chi connectivity index (χ0v) is 8.63. The molecular formula is C7H11N3O3S. The van der Waals surface area contributed by atoms with Crippen molar-refractivity contribution >= 4 is 15.7 Å². The molecule has 0 saturated heterocycles. The van der Waals surface area contributed by atoms with E-state index in [1.54, 1.807) is 7.05 Å². The monoisotopic (exact) mass is 217 g/mol. The Morgan fingerprint density at radius 2 is 2.21 bits per heavy atom. The van der Waals surface area contributed by atoms with E-state index in [0.717, 1.165) is 6.20 Å². The second-order valence-corrected chi connectivity index (χ2v) is 4.08. The van der Waals surface area contributed by atoms with E-state index < -0.39 is 10.0 Å². The van der Waals surface area contributed by atoms with Gasteiger partial charge in [-0.25, -0.2) is 18.5 Å². The molecule has 0 unspecified atom stereocenters. The van der Waals surface area contributed by atoms with Gasteiger partial charge in [0.1, 0.15) is 4.90 Å². The normalized spacial score (nSPS) is 11.1. The van der Waals surface area contributed by atoms with Crippen molar-refractivity contribution in [1.29, 1.82) is 0 Å². The van der Waals surface area contributed by atoms with Crippen LogP contribution in [0.15, 0.2) is 17.2 Å². The molecule has 0 radical (unpaired) electrons. The summed E-state index contributed by atoms with van der Waals surface area (Å²) in [5, 5.41) is 7.69. The standard InChI is InChI=1S/C7H11N3O3S/c1-9-6-3-5(14(8,11)12)4-10-7(6)13-2/h3-4,9H,1-2H3,(H2,8,11,12). The highest BCUT2D eigenvalue weighted by molar-refractivity contribution is 7.89. The second-order valence-electron chi connectivity index (χ2n) is 2.52. The van der Waals surface area contributed by atoms with Crippen LogP contribution in [0.1, 0.15) is 0 Å². The molecule has 0 fully saturated rings. The molecule has 0 bridgehead atoms. The molecule has 78 valence electrons. The molecule has 7 heteroatoms. The molecule has 0 spiro atoms. The Kier molecular flexibility index (Phi) is 2.92. The highest BCUT2D eigenvalue weighted by Crippen LogP contribution is 2.22. The van der Waals surface area contributed by atoms with Crippen molar-refractivity contribution in [3.8, 4) is 5.88 Å². The third-order valence-corrected chi connectivity index (χ3v) is 2.50. The van der Waals surface area contributed by atoms with Gasteiger partial charge in [0.25, 0.3) is 0 Å². The molecule has 14 heavy (non-hydrogen) atoms. The van der Waals surface area contributed by atoms with E-state index in [-0.39, 0.29) is 4.90 Å². The highest BCUT2D eigenvalue weighted by atomic mass is 32.2. The topological polar surface area (TPSA) is 94.3 Å². The summed E-state index contributed by atoms with van der Waals surface area (Å²) in [5.41, 5.74) is 0.471. The van der Waals surface area contributed by atoms with Crippen molar-refractivity contribution < 1.29 is 13.2 Å². The van der Waals surface area contributed by atoms with Crippen LogP contribution in [0.25, 0.3) is 0 Å². The van der Waals surface area contributed by atoms with Crippen LogP contribution >= 0.6 is 0 Å². The van der Waals surface area contributed by atoms with E-state index >= 15 is 0 Å².